The van der Waals surface area contributed by atoms with Gasteiger partial charge in [-0.15, -0.1) is 11.6 Å². The molecule has 1 heterocycles. The summed E-state index contributed by atoms with van der Waals surface area (Å²) in [6.07, 6.45) is 0.798. The maximum absolute atomic E-state index is 17.8. The number of carbonyl (C=O) groups is 2. The number of esters is 1. The monoisotopic (exact) mass is 565 g/mol. The van der Waals surface area contributed by atoms with Gasteiger partial charge >= 0.3 is 5.97 Å². The molecule has 39 heavy (non-hydrogen) atoms. The molecule has 214 valence electrons. The van der Waals surface area contributed by atoms with E-state index in [0.717, 1.165) is 0 Å². The maximum atomic E-state index is 17.8. The summed E-state index contributed by atoms with van der Waals surface area (Å²) >= 11 is 5.79. The maximum Gasteiger partial charge on any atom is 0.303 e. The van der Waals surface area contributed by atoms with Crippen LogP contribution >= 0.6 is 11.6 Å². The van der Waals surface area contributed by atoms with Crippen molar-refractivity contribution >= 4 is 23.4 Å². The van der Waals surface area contributed by atoms with Crippen molar-refractivity contribution in [3.8, 4) is 6.07 Å². The molecule has 0 aromatic rings. The summed E-state index contributed by atoms with van der Waals surface area (Å²) in [4.78, 5) is 25.4. The Bertz CT molecular complexity index is 1190. The quantitative estimate of drug-likeness (QED) is 0.375. The molecule has 1 saturated heterocycles. The van der Waals surface area contributed by atoms with Crippen LogP contribution in [0.25, 0.3) is 0 Å². The summed E-state index contributed by atoms with van der Waals surface area (Å²) in [6.45, 7) is 8.10. The fourth-order valence-corrected chi connectivity index (χ4v) is 8.78. The molecule has 1 aliphatic heterocycles. The number of nitrogens with zero attached hydrogens (tertiary/aromatic N) is 1. The highest BCUT2D eigenvalue weighted by Crippen LogP contribution is 2.73. The van der Waals surface area contributed by atoms with Gasteiger partial charge in [0, 0.05) is 35.7 Å². The molecule has 3 fully saturated rings. The molecule has 2 saturated carbocycles. The summed E-state index contributed by atoms with van der Waals surface area (Å²) in [5.74, 6) is -2.39. The summed E-state index contributed by atoms with van der Waals surface area (Å²) in [5, 5.41) is 22.0. The minimum absolute atomic E-state index is 0.0451. The van der Waals surface area contributed by atoms with Gasteiger partial charge in [0.2, 0.25) is 5.78 Å². The van der Waals surface area contributed by atoms with Crippen molar-refractivity contribution in [1.82, 2.24) is 0 Å². The second-order valence-electron chi connectivity index (χ2n) is 12.6. The second kappa shape index (κ2) is 9.27. The van der Waals surface area contributed by atoms with Gasteiger partial charge in [0.05, 0.1) is 29.9 Å². The van der Waals surface area contributed by atoms with Crippen molar-refractivity contribution in [3.05, 3.63) is 23.0 Å². The number of allylic oxidation sites excluding steroid dienone is 4. The van der Waals surface area contributed by atoms with E-state index < -0.39 is 70.3 Å². The van der Waals surface area contributed by atoms with E-state index >= 15 is 4.39 Å². The zero-order valence-corrected chi connectivity index (χ0v) is 23.9. The van der Waals surface area contributed by atoms with E-state index in [9.17, 15) is 20.0 Å². The number of carbonyl (C=O) groups excluding carboxylic acids is 2. The zero-order valence-electron chi connectivity index (χ0n) is 23.1. The standard InChI is InChI=1S/C29H37ClFNO7/c1-16(33)37-15-23(35)29-24(38-25(2,3)39-29)12-20-21-10-17(14-32)19-11-18(36-9-8-30)6-7-26(19,4)28(21,31)22(34)13-27(20,29)5/h11,20-22,24,34H,6-10,12-13,15H2,1-5H3/t20-,21-,22+,24+,26-,27-,28-,29+/m0/s1. The third-order valence-electron chi connectivity index (χ3n) is 10.2. The first-order valence-electron chi connectivity index (χ1n) is 13.6. The van der Waals surface area contributed by atoms with E-state index in [0.29, 0.717) is 48.7 Å². The average Bonchev–Trinajstić information content (AvgIpc) is 3.27. The number of rotatable bonds is 6. The molecular formula is C29H37ClFNO7. The lowest BCUT2D eigenvalue weighted by atomic mass is 9.44. The number of Topliss-reactive ketones (excluding diaryl/α,β-unsaturated/α-hetero) is 1. The van der Waals surface area contributed by atoms with Crippen LogP contribution in [0.15, 0.2) is 23.0 Å². The number of nitriles is 1. The van der Waals surface area contributed by atoms with E-state index in [4.69, 9.17) is 30.5 Å². The summed E-state index contributed by atoms with van der Waals surface area (Å²) in [7, 11) is 0. The first-order valence-corrected chi connectivity index (χ1v) is 14.2. The number of ketones is 1. The number of aliphatic hydroxyl groups is 1. The third-order valence-corrected chi connectivity index (χ3v) is 10.4. The fourth-order valence-electron chi connectivity index (χ4n) is 8.70. The van der Waals surface area contributed by atoms with Crippen molar-refractivity contribution in [2.75, 3.05) is 19.1 Å². The molecule has 0 bridgehead atoms. The Balaban J connectivity index is 1.61. The Kier molecular flexibility index (Phi) is 6.78. The lowest BCUT2D eigenvalue weighted by Gasteiger charge is -2.63. The molecule has 10 heteroatoms. The number of hydrogen-bond donors (Lipinski definition) is 1. The van der Waals surface area contributed by atoms with Gasteiger partial charge < -0.3 is 24.1 Å². The largest absolute Gasteiger partial charge is 0.497 e. The molecule has 4 aliphatic carbocycles. The number of halogens is 2. The first kappa shape index (κ1) is 28.5. The normalized spacial score (nSPS) is 43.8. The Labute approximate surface area is 233 Å². The number of hydrogen-bond acceptors (Lipinski definition) is 8. The van der Waals surface area contributed by atoms with E-state index in [1.54, 1.807) is 26.8 Å². The van der Waals surface area contributed by atoms with Crippen molar-refractivity contribution in [2.45, 2.75) is 96.0 Å². The number of aliphatic hydroxyl groups excluding tert-OH is 1. The van der Waals surface area contributed by atoms with Crippen molar-refractivity contribution in [3.63, 3.8) is 0 Å². The van der Waals surface area contributed by atoms with Crippen LogP contribution in [-0.4, -0.2) is 65.2 Å². The SMILES string of the molecule is CC(=O)OCC(=O)[C@@]12OC(C)(C)O[C@@H]1C[C@H]1[C@@H]3CC(C#N)=C4C=C(OCCCl)CC[C@]4(C)[C@@]3(F)[C@H](O)C[C@@]12C. The molecule has 0 aromatic carbocycles. The zero-order chi connectivity index (χ0) is 28.6. The van der Waals surface area contributed by atoms with Gasteiger partial charge in [-0.1, -0.05) is 13.8 Å². The minimum Gasteiger partial charge on any atom is -0.497 e. The van der Waals surface area contributed by atoms with Gasteiger partial charge in [-0.05, 0) is 57.1 Å². The van der Waals surface area contributed by atoms with Gasteiger partial charge in [-0.2, -0.15) is 5.26 Å². The highest BCUT2D eigenvalue weighted by Gasteiger charge is 2.80. The van der Waals surface area contributed by atoms with Crippen molar-refractivity contribution in [1.29, 1.82) is 5.26 Å². The van der Waals surface area contributed by atoms with Gasteiger partial charge in [-0.25, -0.2) is 4.39 Å². The molecule has 8 nitrogen and oxygen atoms in total. The number of fused-ring (bicyclic) bond motifs is 7. The van der Waals surface area contributed by atoms with Crippen LogP contribution in [-0.2, 0) is 28.5 Å². The topological polar surface area (TPSA) is 115 Å². The van der Waals surface area contributed by atoms with Crippen LogP contribution in [0, 0.1) is 34.0 Å². The molecule has 0 unspecified atom stereocenters. The number of alkyl halides is 2. The second-order valence-corrected chi connectivity index (χ2v) is 13.0. The van der Waals surface area contributed by atoms with Crippen LogP contribution in [0.4, 0.5) is 4.39 Å². The Morgan fingerprint density at radius 3 is 2.64 bits per heavy atom. The number of ether oxygens (including phenoxy) is 4. The lowest BCUT2D eigenvalue weighted by Crippen LogP contribution is -2.70. The van der Waals surface area contributed by atoms with Crippen LogP contribution in [0.3, 0.4) is 0 Å². The van der Waals surface area contributed by atoms with E-state index in [1.807, 2.05) is 6.92 Å². The highest BCUT2D eigenvalue weighted by atomic mass is 35.5. The molecule has 1 N–H and O–H groups in total. The van der Waals surface area contributed by atoms with Crippen LogP contribution in [0.1, 0.15) is 66.7 Å². The van der Waals surface area contributed by atoms with Crippen LogP contribution in [0.5, 0.6) is 0 Å². The molecule has 8 atom stereocenters. The molecule has 0 aromatic heterocycles. The Morgan fingerprint density at radius 2 is 2.00 bits per heavy atom. The van der Waals surface area contributed by atoms with Crippen molar-refractivity contribution < 1.29 is 38.0 Å². The van der Waals surface area contributed by atoms with Gasteiger partial charge in [0.15, 0.2) is 18.0 Å². The fraction of sp³-hybridized carbons (Fsp3) is 0.759. The first-order chi connectivity index (χ1) is 18.2. The van der Waals surface area contributed by atoms with E-state index in [-0.39, 0.29) is 12.8 Å². The minimum atomic E-state index is -2.06. The molecule has 5 rings (SSSR count). The van der Waals surface area contributed by atoms with E-state index in [2.05, 4.69) is 6.07 Å². The highest BCUT2D eigenvalue weighted by molar-refractivity contribution is 6.17. The summed E-state index contributed by atoms with van der Waals surface area (Å²) in [5.41, 5.74) is -4.74. The van der Waals surface area contributed by atoms with Crippen molar-refractivity contribution in [2.24, 2.45) is 22.7 Å². The van der Waals surface area contributed by atoms with E-state index in [1.165, 1.54) is 6.92 Å². The Morgan fingerprint density at radius 1 is 1.28 bits per heavy atom. The molecular weight excluding hydrogens is 529 g/mol. The predicted octanol–water partition coefficient (Wildman–Crippen LogP) is 4.29. The van der Waals surface area contributed by atoms with Gasteiger partial charge in [0.1, 0.15) is 12.3 Å². The molecule has 0 amide bonds. The molecule has 0 radical (unpaired) electrons. The van der Waals surface area contributed by atoms with Gasteiger partial charge in [-0.3, -0.25) is 9.59 Å². The third kappa shape index (κ3) is 3.78. The van der Waals surface area contributed by atoms with Crippen LogP contribution < -0.4 is 0 Å². The van der Waals surface area contributed by atoms with Crippen LogP contribution in [0.2, 0.25) is 0 Å². The average molecular weight is 566 g/mol. The molecule has 0 spiro atoms. The predicted molar refractivity (Wildman–Crippen MR) is 138 cm³/mol. The Hall–Kier alpha value is -1.99. The smallest absolute Gasteiger partial charge is 0.303 e. The van der Waals surface area contributed by atoms with Gasteiger partial charge in [0.25, 0.3) is 0 Å². The molecule has 5 aliphatic rings. The summed E-state index contributed by atoms with van der Waals surface area (Å²) in [6, 6.07) is 2.31. The summed E-state index contributed by atoms with van der Waals surface area (Å²) < 4.78 is 41.3. The lowest BCUT2D eigenvalue weighted by molar-refractivity contribution is -0.248.